The second kappa shape index (κ2) is 5.75. The Kier molecular flexibility index (Phi) is 4.54. The fraction of sp³-hybridized carbons (Fsp3) is 0.700. The molecule has 0 aliphatic heterocycles. The second-order valence-electron chi connectivity index (χ2n) is 3.50. The second-order valence-corrected chi connectivity index (χ2v) is 3.50. The highest BCUT2D eigenvalue weighted by atomic mass is 14.9. The van der Waals surface area contributed by atoms with Gasteiger partial charge in [-0.1, -0.05) is 26.2 Å². The van der Waals surface area contributed by atoms with Crippen molar-refractivity contribution in [2.24, 2.45) is 5.73 Å². The molecule has 1 heterocycles. The lowest BCUT2D eigenvalue weighted by Crippen LogP contribution is -2.23. The summed E-state index contributed by atoms with van der Waals surface area (Å²) in [6.07, 6.45) is 9.37. The van der Waals surface area contributed by atoms with Crippen LogP contribution < -0.4 is 5.73 Å². The van der Waals surface area contributed by atoms with Crippen molar-refractivity contribution in [3.8, 4) is 0 Å². The van der Waals surface area contributed by atoms with E-state index in [0.29, 0.717) is 0 Å². The molecule has 1 atom stereocenters. The van der Waals surface area contributed by atoms with E-state index >= 15 is 0 Å². The molecule has 0 amide bonds. The van der Waals surface area contributed by atoms with Gasteiger partial charge < -0.3 is 10.7 Å². The van der Waals surface area contributed by atoms with Crippen LogP contribution in [0.4, 0.5) is 0 Å². The van der Waals surface area contributed by atoms with Crippen molar-refractivity contribution in [1.82, 2.24) is 9.97 Å². The van der Waals surface area contributed by atoms with E-state index in [-0.39, 0.29) is 6.04 Å². The van der Waals surface area contributed by atoms with E-state index < -0.39 is 0 Å². The summed E-state index contributed by atoms with van der Waals surface area (Å²) in [6.45, 7) is 2.21. The number of imidazole rings is 1. The molecule has 0 spiro atoms. The first-order chi connectivity index (χ1) is 6.33. The lowest BCUT2D eigenvalue weighted by Gasteiger charge is -2.08. The number of hydrogen-bond acceptors (Lipinski definition) is 2. The summed E-state index contributed by atoms with van der Waals surface area (Å²) in [5, 5.41) is 0. The van der Waals surface area contributed by atoms with E-state index in [1.54, 1.807) is 6.20 Å². The van der Waals surface area contributed by atoms with Crippen molar-refractivity contribution in [3.05, 3.63) is 18.2 Å². The topological polar surface area (TPSA) is 54.7 Å². The number of hydrogen-bond donors (Lipinski definition) is 2. The molecular weight excluding hydrogens is 162 g/mol. The van der Waals surface area contributed by atoms with Gasteiger partial charge in [0.15, 0.2) is 0 Å². The lowest BCUT2D eigenvalue weighted by molar-refractivity contribution is 0.549. The summed E-state index contributed by atoms with van der Waals surface area (Å²) in [6, 6.07) is 0.262. The number of rotatable bonds is 6. The summed E-state index contributed by atoms with van der Waals surface area (Å²) in [5.41, 5.74) is 5.95. The van der Waals surface area contributed by atoms with Gasteiger partial charge >= 0.3 is 0 Å². The van der Waals surface area contributed by atoms with Crippen molar-refractivity contribution in [2.75, 3.05) is 0 Å². The Hall–Kier alpha value is -0.830. The van der Waals surface area contributed by atoms with E-state index in [9.17, 15) is 0 Å². The molecule has 0 bridgehead atoms. The molecule has 0 radical (unpaired) electrons. The zero-order valence-electron chi connectivity index (χ0n) is 8.29. The van der Waals surface area contributed by atoms with Gasteiger partial charge in [-0.15, -0.1) is 0 Å². The summed E-state index contributed by atoms with van der Waals surface area (Å²) in [4.78, 5) is 7.22. The zero-order valence-corrected chi connectivity index (χ0v) is 8.29. The Bertz CT molecular complexity index is 206. The van der Waals surface area contributed by atoms with Gasteiger partial charge in [-0.05, 0) is 6.42 Å². The van der Waals surface area contributed by atoms with Gasteiger partial charge in [0.2, 0.25) is 0 Å². The van der Waals surface area contributed by atoms with Crippen LogP contribution in [-0.4, -0.2) is 16.0 Å². The number of unbranched alkanes of at least 4 members (excludes halogenated alkanes) is 2. The van der Waals surface area contributed by atoms with Crippen molar-refractivity contribution >= 4 is 0 Å². The minimum Gasteiger partial charge on any atom is -0.349 e. The molecule has 0 aromatic carbocycles. The number of nitrogens with two attached hydrogens (primary N) is 1. The van der Waals surface area contributed by atoms with Crippen LogP contribution in [0.5, 0.6) is 0 Å². The number of nitrogens with one attached hydrogen (secondary N) is 1. The first-order valence-electron chi connectivity index (χ1n) is 5.06. The van der Waals surface area contributed by atoms with E-state index in [4.69, 9.17) is 5.73 Å². The molecule has 0 saturated carbocycles. The molecule has 1 aromatic rings. The van der Waals surface area contributed by atoms with Crippen LogP contribution in [0.25, 0.3) is 0 Å². The minimum atomic E-state index is 0.262. The Balaban J connectivity index is 2.14. The first kappa shape index (κ1) is 10.3. The lowest BCUT2D eigenvalue weighted by atomic mass is 10.1. The zero-order chi connectivity index (χ0) is 9.52. The van der Waals surface area contributed by atoms with Gasteiger partial charge in [0.25, 0.3) is 0 Å². The number of H-pyrrole nitrogens is 1. The molecule has 0 saturated heterocycles. The average Bonchev–Trinajstić information content (AvgIpc) is 2.57. The van der Waals surface area contributed by atoms with E-state index in [0.717, 1.165) is 18.7 Å². The third-order valence-corrected chi connectivity index (χ3v) is 2.19. The number of aromatic amines is 1. The third-order valence-electron chi connectivity index (χ3n) is 2.19. The fourth-order valence-electron chi connectivity index (χ4n) is 1.42. The molecule has 3 N–H and O–H groups in total. The molecule has 1 unspecified atom stereocenters. The Morgan fingerprint density at radius 2 is 2.38 bits per heavy atom. The summed E-state index contributed by atoms with van der Waals surface area (Å²) in [7, 11) is 0. The molecule has 1 rings (SSSR count). The molecule has 1 aromatic heterocycles. The number of aromatic nitrogens is 2. The first-order valence-corrected chi connectivity index (χ1v) is 5.06. The Labute approximate surface area is 79.8 Å². The smallest absolute Gasteiger partial charge is 0.107 e. The molecule has 0 fully saturated rings. The Morgan fingerprint density at radius 3 is 3.00 bits per heavy atom. The average molecular weight is 181 g/mol. The van der Waals surface area contributed by atoms with Crippen LogP contribution in [0.15, 0.2) is 12.4 Å². The molecule has 74 valence electrons. The fourth-order valence-corrected chi connectivity index (χ4v) is 1.42. The van der Waals surface area contributed by atoms with Gasteiger partial charge in [-0.3, -0.25) is 0 Å². The predicted octanol–water partition coefficient (Wildman–Crippen LogP) is 1.86. The van der Waals surface area contributed by atoms with Crippen molar-refractivity contribution < 1.29 is 0 Å². The standard InChI is InChI=1S/C10H19N3/c1-2-3-4-5-9(11)8-10-12-6-7-13-10/h6-7,9H,2-5,8,11H2,1H3,(H,12,13). The molecule has 13 heavy (non-hydrogen) atoms. The van der Waals surface area contributed by atoms with Gasteiger partial charge in [0, 0.05) is 24.9 Å². The van der Waals surface area contributed by atoms with E-state index in [1.807, 2.05) is 6.20 Å². The highest BCUT2D eigenvalue weighted by Gasteiger charge is 2.04. The molecule has 0 aliphatic carbocycles. The van der Waals surface area contributed by atoms with Gasteiger partial charge in [0.1, 0.15) is 5.82 Å². The maximum Gasteiger partial charge on any atom is 0.107 e. The van der Waals surface area contributed by atoms with Crippen LogP contribution in [-0.2, 0) is 6.42 Å². The maximum absolute atomic E-state index is 5.95. The quantitative estimate of drug-likeness (QED) is 0.658. The molecular formula is C10H19N3. The van der Waals surface area contributed by atoms with E-state index in [1.165, 1.54) is 19.3 Å². The highest BCUT2D eigenvalue weighted by Crippen LogP contribution is 2.04. The summed E-state index contributed by atoms with van der Waals surface area (Å²) < 4.78 is 0. The van der Waals surface area contributed by atoms with Crippen molar-refractivity contribution in [1.29, 1.82) is 0 Å². The van der Waals surface area contributed by atoms with Crippen molar-refractivity contribution in [3.63, 3.8) is 0 Å². The van der Waals surface area contributed by atoms with Crippen LogP contribution in [0.3, 0.4) is 0 Å². The van der Waals surface area contributed by atoms with Crippen LogP contribution in [0.2, 0.25) is 0 Å². The summed E-state index contributed by atoms with van der Waals surface area (Å²) in [5.74, 6) is 1.00. The van der Waals surface area contributed by atoms with Crippen LogP contribution >= 0.6 is 0 Å². The molecule has 3 heteroatoms. The Morgan fingerprint density at radius 1 is 1.54 bits per heavy atom. The molecule has 3 nitrogen and oxygen atoms in total. The third kappa shape index (κ3) is 4.08. The largest absolute Gasteiger partial charge is 0.349 e. The molecule has 0 aliphatic rings. The normalized spacial score (nSPS) is 13.1. The monoisotopic (exact) mass is 181 g/mol. The van der Waals surface area contributed by atoms with Crippen LogP contribution in [0, 0.1) is 0 Å². The van der Waals surface area contributed by atoms with Crippen LogP contribution in [0.1, 0.15) is 38.4 Å². The van der Waals surface area contributed by atoms with Gasteiger partial charge in [-0.25, -0.2) is 4.98 Å². The van der Waals surface area contributed by atoms with E-state index in [2.05, 4.69) is 16.9 Å². The maximum atomic E-state index is 5.95. The SMILES string of the molecule is CCCCCC(N)Cc1ncc[nH]1. The van der Waals surface area contributed by atoms with Gasteiger partial charge in [0.05, 0.1) is 0 Å². The predicted molar refractivity (Wildman–Crippen MR) is 54.4 cm³/mol. The van der Waals surface area contributed by atoms with Crippen molar-refractivity contribution in [2.45, 2.75) is 45.1 Å². The van der Waals surface area contributed by atoms with Gasteiger partial charge in [-0.2, -0.15) is 0 Å². The number of nitrogens with zero attached hydrogens (tertiary/aromatic N) is 1. The highest BCUT2D eigenvalue weighted by molar-refractivity contribution is 4.90. The summed E-state index contributed by atoms with van der Waals surface area (Å²) >= 11 is 0. The minimum absolute atomic E-state index is 0.262.